The van der Waals surface area contributed by atoms with Crippen LogP contribution in [0.5, 0.6) is 0 Å². The number of hydrogen-bond donors (Lipinski definition) is 2. The minimum Gasteiger partial charge on any atom is -0.480 e. The summed E-state index contributed by atoms with van der Waals surface area (Å²) in [6, 6.07) is 0.286. The second-order valence-electron chi connectivity index (χ2n) is 5.62. The van der Waals surface area contributed by atoms with Crippen molar-refractivity contribution in [1.82, 2.24) is 5.32 Å². The van der Waals surface area contributed by atoms with Gasteiger partial charge >= 0.3 is 5.97 Å². The molecule has 1 aliphatic carbocycles. The van der Waals surface area contributed by atoms with Crippen molar-refractivity contribution in [1.29, 1.82) is 0 Å². The quantitative estimate of drug-likeness (QED) is 0.759. The van der Waals surface area contributed by atoms with Crippen molar-refractivity contribution in [2.45, 2.75) is 70.9 Å². The first-order valence-corrected chi connectivity index (χ1v) is 6.47. The zero-order valence-electron chi connectivity index (χ0n) is 10.8. The molecule has 0 bridgehead atoms. The van der Waals surface area contributed by atoms with Crippen LogP contribution in [0.25, 0.3) is 0 Å². The summed E-state index contributed by atoms with van der Waals surface area (Å²) in [5.74, 6) is -0.0558. The van der Waals surface area contributed by atoms with Crippen molar-refractivity contribution in [3.05, 3.63) is 0 Å². The minimum absolute atomic E-state index is 0.286. The van der Waals surface area contributed by atoms with Gasteiger partial charge in [0.15, 0.2) is 0 Å². The van der Waals surface area contributed by atoms with Crippen LogP contribution in [0.15, 0.2) is 0 Å². The van der Waals surface area contributed by atoms with Crippen LogP contribution in [-0.4, -0.2) is 22.7 Å². The summed E-state index contributed by atoms with van der Waals surface area (Å²) in [7, 11) is 0. The molecular weight excluding hydrogens is 202 g/mol. The number of nitrogens with one attached hydrogen (secondary N) is 1. The first-order chi connectivity index (χ1) is 7.46. The number of carboxylic acid groups (broad SMARTS) is 1. The number of rotatable bonds is 5. The Hall–Kier alpha value is -0.570. The Morgan fingerprint density at radius 2 is 1.81 bits per heavy atom. The summed E-state index contributed by atoms with van der Waals surface area (Å²) in [6.45, 7) is 6.44. The highest BCUT2D eigenvalue weighted by atomic mass is 16.4. The first kappa shape index (κ1) is 13.5. The molecule has 94 valence electrons. The van der Waals surface area contributed by atoms with Gasteiger partial charge in [0.25, 0.3) is 0 Å². The summed E-state index contributed by atoms with van der Waals surface area (Å²) in [4.78, 5) is 11.4. The lowest BCUT2D eigenvalue weighted by Gasteiger charge is -2.37. The van der Waals surface area contributed by atoms with E-state index in [0.717, 1.165) is 32.1 Å². The van der Waals surface area contributed by atoms with E-state index in [-0.39, 0.29) is 6.04 Å². The number of carboxylic acids is 1. The van der Waals surface area contributed by atoms with Crippen LogP contribution < -0.4 is 5.32 Å². The third-order valence-electron chi connectivity index (χ3n) is 3.46. The van der Waals surface area contributed by atoms with Crippen molar-refractivity contribution >= 4 is 5.97 Å². The van der Waals surface area contributed by atoms with E-state index >= 15 is 0 Å². The molecule has 1 atom stereocenters. The molecule has 0 radical (unpaired) electrons. The van der Waals surface area contributed by atoms with Gasteiger partial charge in [0.2, 0.25) is 0 Å². The van der Waals surface area contributed by atoms with Gasteiger partial charge in [-0.2, -0.15) is 0 Å². The summed E-state index contributed by atoms with van der Waals surface area (Å²) >= 11 is 0. The lowest BCUT2D eigenvalue weighted by molar-refractivity contribution is -0.146. The van der Waals surface area contributed by atoms with E-state index in [1.165, 1.54) is 6.42 Å². The molecule has 0 aromatic heterocycles. The van der Waals surface area contributed by atoms with Crippen LogP contribution in [0, 0.1) is 5.92 Å². The molecule has 1 rings (SSSR count). The van der Waals surface area contributed by atoms with Crippen LogP contribution in [0.3, 0.4) is 0 Å². The van der Waals surface area contributed by atoms with Crippen LogP contribution >= 0.6 is 0 Å². The average molecular weight is 227 g/mol. The van der Waals surface area contributed by atoms with Gasteiger partial charge < -0.3 is 5.11 Å². The van der Waals surface area contributed by atoms with Crippen molar-refractivity contribution in [3.63, 3.8) is 0 Å². The van der Waals surface area contributed by atoms with Gasteiger partial charge in [0.05, 0.1) is 0 Å². The van der Waals surface area contributed by atoms with Gasteiger partial charge in [0.1, 0.15) is 5.54 Å². The highest BCUT2D eigenvalue weighted by Gasteiger charge is 2.40. The van der Waals surface area contributed by atoms with Crippen LogP contribution in [0.1, 0.15) is 59.3 Å². The molecule has 1 saturated carbocycles. The zero-order chi connectivity index (χ0) is 12.2. The van der Waals surface area contributed by atoms with Gasteiger partial charge in [-0.3, -0.25) is 10.1 Å². The predicted octanol–water partition coefficient (Wildman–Crippen LogP) is 2.80. The number of carbonyl (C=O) groups is 1. The highest BCUT2D eigenvalue weighted by molar-refractivity contribution is 5.79. The molecule has 0 heterocycles. The second kappa shape index (κ2) is 5.67. The van der Waals surface area contributed by atoms with Gasteiger partial charge in [-0.25, -0.2) is 0 Å². The Bertz CT molecular complexity index is 232. The number of hydrogen-bond acceptors (Lipinski definition) is 2. The molecule has 0 spiro atoms. The Labute approximate surface area is 98.6 Å². The molecule has 0 aromatic rings. The van der Waals surface area contributed by atoms with Crippen molar-refractivity contribution in [3.8, 4) is 0 Å². The highest BCUT2D eigenvalue weighted by Crippen LogP contribution is 2.29. The van der Waals surface area contributed by atoms with Gasteiger partial charge in [0, 0.05) is 6.04 Å². The molecule has 0 saturated heterocycles. The summed E-state index contributed by atoms with van der Waals surface area (Å²) < 4.78 is 0. The summed E-state index contributed by atoms with van der Waals surface area (Å²) in [6.07, 6.45) is 5.85. The largest absolute Gasteiger partial charge is 0.480 e. The molecule has 1 unspecified atom stereocenters. The zero-order valence-corrected chi connectivity index (χ0v) is 10.8. The maximum atomic E-state index is 11.4. The Morgan fingerprint density at radius 1 is 1.25 bits per heavy atom. The van der Waals surface area contributed by atoms with Crippen LogP contribution in [-0.2, 0) is 4.79 Å². The molecule has 3 nitrogen and oxygen atoms in total. The fourth-order valence-electron chi connectivity index (χ4n) is 2.81. The van der Waals surface area contributed by atoms with Crippen LogP contribution in [0.4, 0.5) is 0 Å². The molecular formula is C13H25NO2. The molecule has 2 N–H and O–H groups in total. The van der Waals surface area contributed by atoms with E-state index in [4.69, 9.17) is 0 Å². The average Bonchev–Trinajstić information content (AvgIpc) is 2.17. The molecule has 0 aromatic carbocycles. The molecule has 16 heavy (non-hydrogen) atoms. The smallest absolute Gasteiger partial charge is 0.323 e. The fourth-order valence-corrected chi connectivity index (χ4v) is 2.81. The normalized spacial score (nSPS) is 22.0. The summed E-state index contributed by atoms with van der Waals surface area (Å²) in [5.41, 5.74) is -0.646. The lowest BCUT2D eigenvalue weighted by atomic mass is 9.81. The molecule has 1 fully saturated rings. The third kappa shape index (κ3) is 3.48. The van der Waals surface area contributed by atoms with Gasteiger partial charge in [-0.1, -0.05) is 33.1 Å². The van der Waals surface area contributed by atoms with E-state index in [1.807, 2.05) is 0 Å². The molecule has 0 amide bonds. The maximum Gasteiger partial charge on any atom is 0.323 e. The Morgan fingerprint density at radius 3 is 2.25 bits per heavy atom. The predicted molar refractivity (Wildman–Crippen MR) is 65.5 cm³/mol. The minimum atomic E-state index is -0.664. The Kier molecular flexibility index (Phi) is 4.78. The summed E-state index contributed by atoms with van der Waals surface area (Å²) in [5, 5.41) is 12.8. The van der Waals surface area contributed by atoms with Gasteiger partial charge in [-0.15, -0.1) is 0 Å². The molecule has 1 aliphatic rings. The number of aliphatic carboxylic acids is 1. The monoisotopic (exact) mass is 227 g/mol. The molecule has 0 aliphatic heterocycles. The van der Waals surface area contributed by atoms with Gasteiger partial charge in [-0.05, 0) is 32.1 Å². The molecule has 3 heteroatoms. The standard InChI is InChI=1S/C13H25NO2/c1-10(2)9-11(3)14-13(12(15)16)7-5-4-6-8-13/h10-11,14H,4-9H2,1-3H3,(H,15,16). The van der Waals surface area contributed by atoms with E-state index in [1.54, 1.807) is 0 Å². The van der Waals surface area contributed by atoms with E-state index in [0.29, 0.717) is 5.92 Å². The second-order valence-corrected chi connectivity index (χ2v) is 5.62. The Balaban J connectivity index is 2.60. The SMILES string of the molecule is CC(C)CC(C)NC1(C(=O)O)CCCCC1. The maximum absolute atomic E-state index is 11.4. The topological polar surface area (TPSA) is 49.3 Å². The van der Waals surface area contributed by atoms with E-state index < -0.39 is 11.5 Å². The fraction of sp³-hybridized carbons (Fsp3) is 0.923. The van der Waals surface area contributed by atoms with Crippen molar-refractivity contribution < 1.29 is 9.90 Å². The van der Waals surface area contributed by atoms with Crippen LogP contribution in [0.2, 0.25) is 0 Å². The van der Waals surface area contributed by atoms with E-state index in [2.05, 4.69) is 26.1 Å². The third-order valence-corrected chi connectivity index (χ3v) is 3.46. The first-order valence-electron chi connectivity index (χ1n) is 6.47. The van der Waals surface area contributed by atoms with Crippen molar-refractivity contribution in [2.24, 2.45) is 5.92 Å². The lowest BCUT2D eigenvalue weighted by Crippen LogP contribution is -2.56. The van der Waals surface area contributed by atoms with Crippen molar-refractivity contribution in [2.75, 3.05) is 0 Å². The van der Waals surface area contributed by atoms with E-state index in [9.17, 15) is 9.90 Å².